The van der Waals surface area contributed by atoms with Gasteiger partial charge in [0, 0.05) is 31.5 Å². The van der Waals surface area contributed by atoms with E-state index in [1.54, 1.807) is 18.2 Å². The van der Waals surface area contributed by atoms with Crippen molar-refractivity contribution in [2.24, 2.45) is 0 Å². The maximum absolute atomic E-state index is 12.5. The Labute approximate surface area is 164 Å². The van der Waals surface area contributed by atoms with Gasteiger partial charge in [0.25, 0.3) is 0 Å². The van der Waals surface area contributed by atoms with Crippen molar-refractivity contribution in [3.8, 4) is 11.5 Å². The number of hydrogen-bond acceptors (Lipinski definition) is 5. The summed E-state index contributed by atoms with van der Waals surface area (Å²) in [6, 6.07) is 13.0. The molecule has 1 N–H and O–H groups in total. The third-order valence-corrected chi connectivity index (χ3v) is 5.07. The minimum atomic E-state index is -0.155. The van der Waals surface area contributed by atoms with Crippen LogP contribution in [0.5, 0.6) is 11.5 Å². The fraction of sp³-hybridized carbons (Fsp3) is 0.364. The Morgan fingerprint density at radius 2 is 1.68 bits per heavy atom. The lowest BCUT2D eigenvalue weighted by Gasteiger charge is -2.21. The van der Waals surface area contributed by atoms with Gasteiger partial charge in [-0.2, -0.15) is 0 Å². The van der Waals surface area contributed by atoms with Crippen molar-refractivity contribution < 1.29 is 19.1 Å². The number of ether oxygens (including phenoxy) is 2. The minimum Gasteiger partial charge on any atom is -0.486 e. The first-order chi connectivity index (χ1) is 13.7. The van der Waals surface area contributed by atoms with E-state index in [9.17, 15) is 9.59 Å². The zero-order valence-electron chi connectivity index (χ0n) is 15.8. The van der Waals surface area contributed by atoms with Crippen LogP contribution in [0.3, 0.4) is 0 Å². The number of carbonyl (C=O) groups excluding carboxylic acids is 2. The summed E-state index contributed by atoms with van der Waals surface area (Å²) in [6.07, 6.45) is 2.64. The molecule has 2 aromatic rings. The predicted octanol–water partition coefficient (Wildman–Crippen LogP) is 3.66. The Morgan fingerprint density at radius 3 is 2.50 bits per heavy atom. The number of amides is 1. The van der Waals surface area contributed by atoms with Crippen molar-refractivity contribution in [2.75, 3.05) is 36.5 Å². The second-order valence-electron chi connectivity index (χ2n) is 7.04. The fourth-order valence-corrected chi connectivity index (χ4v) is 3.61. The molecule has 1 fully saturated rings. The zero-order chi connectivity index (χ0) is 19.3. The van der Waals surface area contributed by atoms with Gasteiger partial charge in [0.05, 0.1) is 11.4 Å². The van der Waals surface area contributed by atoms with E-state index in [1.807, 2.05) is 24.3 Å². The molecule has 28 heavy (non-hydrogen) atoms. The SMILES string of the molecule is O=C(CCC(=O)c1ccc2c(c1)OCCO2)Nc1ccccc1N1CCCC1. The highest BCUT2D eigenvalue weighted by atomic mass is 16.6. The highest BCUT2D eigenvalue weighted by Gasteiger charge is 2.18. The van der Waals surface area contributed by atoms with E-state index in [1.165, 1.54) is 12.8 Å². The molecule has 6 nitrogen and oxygen atoms in total. The molecule has 0 aliphatic carbocycles. The first-order valence-electron chi connectivity index (χ1n) is 9.77. The molecule has 0 radical (unpaired) electrons. The molecule has 146 valence electrons. The fourth-order valence-electron chi connectivity index (χ4n) is 3.61. The molecule has 1 amide bonds. The van der Waals surface area contributed by atoms with E-state index in [0.717, 1.165) is 24.5 Å². The van der Waals surface area contributed by atoms with E-state index < -0.39 is 0 Å². The van der Waals surface area contributed by atoms with Crippen molar-refractivity contribution in [2.45, 2.75) is 25.7 Å². The number of benzene rings is 2. The van der Waals surface area contributed by atoms with Gasteiger partial charge in [0.15, 0.2) is 17.3 Å². The van der Waals surface area contributed by atoms with Crippen LogP contribution in [0, 0.1) is 0 Å². The first kappa shape index (κ1) is 18.3. The molecule has 2 heterocycles. The molecule has 0 aromatic heterocycles. The summed E-state index contributed by atoms with van der Waals surface area (Å²) >= 11 is 0. The monoisotopic (exact) mass is 380 g/mol. The topological polar surface area (TPSA) is 67.9 Å². The average Bonchev–Trinajstić information content (AvgIpc) is 3.27. The van der Waals surface area contributed by atoms with Gasteiger partial charge in [0.2, 0.25) is 5.91 Å². The highest BCUT2D eigenvalue weighted by molar-refractivity contribution is 6.01. The van der Waals surface area contributed by atoms with Crippen LogP contribution in [0.25, 0.3) is 0 Å². The molecule has 0 saturated carbocycles. The van der Waals surface area contributed by atoms with Crippen LogP contribution < -0.4 is 19.7 Å². The van der Waals surface area contributed by atoms with Crippen molar-refractivity contribution in [1.29, 1.82) is 0 Å². The second kappa shape index (κ2) is 8.33. The van der Waals surface area contributed by atoms with Gasteiger partial charge < -0.3 is 19.7 Å². The molecule has 0 atom stereocenters. The van der Waals surface area contributed by atoms with Crippen LogP contribution in [0.2, 0.25) is 0 Å². The number of ketones is 1. The van der Waals surface area contributed by atoms with Crippen molar-refractivity contribution in [1.82, 2.24) is 0 Å². The Bertz CT molecular complexity index is 875. The smallest absolute Gasteiger partial charge is 0.224 e. The molecule has 1 saturated heterocycles. The van der Waals surface area contributed by atoms with E-state index in [2.05, 4.69) is 10.2 Å². The van der Waals surface area contributed by atoms with Gasteiger partial charge in [-0.05, 0) is 43.2 Å². The number of rotatable bonds is 6. The third-order valence-electron chi connectivity index (χ3n) is 5.07. The molecule has 6 heteroatoms. The number of fused-ring (bicyclic) bond motifs is 1. The number of nitrogens with one attached hydrogen (secondary N) is 1. The molecule has 0 unspecified atom stereocenters. The van der Waals surface area contributed by atoms with E-state index in [0.29, 0.717) is 30.3 Å². The van der Waals surface area contributed by atoms with Crippen molar-refractivity contribution in [3.05, 3.63) is 48.0 Å². The van der Waals surface area contributed by atoms with Gasteiger partial charge in [-0.25, -0.2) is 0 Å². The predicted molar refractivity (Wildman–Crippen MR) is 108 cm³/mol. The van der Waals surface area contributed by atoms with Gasteiger partial charge in [-0.3, -0.25) is 9.59 Å². The second-order valence-corrected chi connectivity index (χ2v) is 7.04. The number of carbonyl (C=O) groups is 2. The number of nitrogens with zero attached hydrogens (tertiary/aromatic N) is 1. The minimum absolute atomic E-state index is 0.0834. The van der Waals surface area contributed by atoms with Crippen molar-refractivity contribution in [3.63, 3.8) is 0 Å². The molecule has 2 aliphatic rings. The van der Waals surface area contributed by atoms with Crippen LogP contribution in [0.4, 0.5) is 11.4 Å². The first-order valence-corrected chi connectivity index (χ1v) is 9.77. The van der Waals surface area contributed by atoms with Crippen LogP contribution in [0.1, 0.15) is 36.0 Å². The van der Waals surface area contributed by atoms with Gasteiger partial charge in [-0.15, -0.1) is 0 Å². The summed E-state index contributed by atoms with van der Waals surface area (Å²) in [7, 11) is 0. The largest absolute Gasteiger partial charge is 0.486 e. The lowest BCUT2D eigenvalue weighted by Crippen LogP contribution is -2.21. The maximum atomic E-state index is 12.5. The summed E-state index contributed by atoms with van der Waals surface area (Å²) in [6.45, 7) is 3.01. The Morgan fingerprint density at radius 1 is 0.929 bits per heavy atom. The molecule has 2 aromatic carbocycles. The van der Waals surface area contributed by atoms with Gasteiger partial charge in [-0.1, -0.05) is 12.1 Å². The van der Waals surface area contributed by atoms with Crippen LogP contribution in [-0.2, 0) is 4.79 Å². The number of anilines is 2. The molecule has 2 aliphatic heterocycles. The number of hydrogen-bond donors (Lipinski definition) is 1. The Hall–Kier alpha value is -3.02. The van der Waals surface area contributed by atoms with Crippen LogP contribution in [-0.4, -0.2) is 38.0 Å². The number of para-hydroxylation sites is 2. The summed E-state index contributed by atoms with van der Waals surface area (Å²) in [5.41, 5.74) is 2.39. The van der Waals surface area contributed by atoms with Crippen LogP contribution >= 0.6 is 0 Å². The zero-order valence-corrected chi connectivity index (χ0v) is 15.8. The van der Waals surface area contributed by atoms with E-state index in [-0.39, 0.29) is 24.5 Å². The van der Waals surface area contributed by atoms with Crippen molar-refractivity contribution >= 4 is 23.1 Å². The summed E-state index contributed by atoms with van der Waals surface area (Å²) < 4.78 is 11.0. The maximum Gasteiger partial charge on any atom is 0.224 e. The van der Waals surface area contributed by atoms with E-state index >= 15 is 0 Å². The molecule has 0 spiro atoms. The summed E-state index contributed by atoms with van der Waals surface area (Å²) in [4.78, 5) is 27.2. The summed E-state index contributed by atoms with van der Waals surface area (Å²) in [5.74, 6) is 0.998. The third kappa shape index (κ3) is 4.11. The average molecular weight is 380 g/mol. The Kier molecular flexibility index (Phi) is 5.46. The number of Topliss-reactive ketones (excluding diaryl/α,β-unsaturated/α-hetero) is 1. The Balaban J connectivity index is 1.35. The lowest BCUT2D eigenvalue weighted by molar-refractivity contribution is -0.116. The quantitative estimate of drug-likeness (QED) is 0.775. The van der Waals surface area contributed by atoms with Gasteiger partial charge >= 0.3 is 0 Å². The molecular formula is C22H24N2O4. The van der Waals surface area contributed by atoms with Gasteiger partial charge in [0.1, 0.15) is 13.2 Å². The normalized spacial score (nSPS) is 15.4. The molecule has 0 bridgehead atoms. The van der Waals surface area contributed by atoms with Crippen LogP contribution in [0.15, 0.2) is 42.5 Å². The van der Waals surface area contributed by atoms with E-state index in [4.69, 9.17) is 9.47 Å². The molecule has 4 rings (SSSR count). The summed E-state index contributed by atoms with van der Waals surface area (Å²) in [5, 5.41) is 2.97. The molecular weight excluding hydrogens is 356 g/mol. The highest BCUT2D eigenvalue weighted by Crippen LogP contribution is 2.31. The lowest BCUT2D eigenvalue weighted by atomic mass is 10.1. The standard InChI is InChI=1S/C22H24N2O4/c25-19(16-7-9-20-21(15-16)28-14-13-27-20)8-10-22(26)23-17-5-1-2-6-18(17)24-11-3-4-12-24/h1-2,5-7,9,15H,3-4,8,10-14H2,(H,23,26).